The van der Waals surface area contributed by atoms with Crippen molar-refractivity contribution in [3.05, 3.63) is 10.6 Å². The van der Waals surface area contributed by atoms with E-state index in [-0.39, 0.29) is 18.9 Å². The highest BCUT2D eigenvalue weighted by molar-refractivity contribution is 8.03. The average Bonchev–Trinajstić information content (AvgIpc) is 2.11. The van der Waals surface area contributed by atoms with Crippen LogP contribution >= 0.6 is 11.8 Å². The second-order valence-corrected chi connectivity index (χ2v) is 4.31. The van der Waals surface area contributed by atoms with Gasteiger partial charge in [0.05, 0.1) is 12.2 Å². The molecule has 1 amide bonds. The number of rotatable bonds is 3. The molecule has 0 saturated heterocycles. The minimum absolute atomic E-state index is 0.000602. The van der Waals surface area contributed by atoms with Crippen LogP contribution in [0.2, 0.25) is 0 Å². The molecule has 0 saturated carbocycles. The van der Waals surface area contributed by atoms with Gasteiger partial charge in [0.2, 0.25) is 5.91 Å². The lowest BCUT2D eigenvalue weighted by Crippen LogP contribution is -2.35. The lowest BCUT2D eigenvalue weighted by atomic mass is 10.3. The van der Waals surface area contributed by atoms with Crippen molar-refractivity contribution in [1.82, 2.24) is 4.90 Å². The Kier molecular flexibility index (Phi) is 3.57. The molecule has 0 radical (unpaired) electrons. The molecule has 4 nitrogen and oxygen atoms in total. The second kappa shape index (κ2) is 4.50. The third-order valence-electron chi connectivity index (χ3n) is 2.18. The van der Waals surface area contributed by atoms with E-state index < -0.39 is 5.97 Å². The van der Waals surface area contributed by atoms with Gasteiger partial charge in [-0.05, 0) is 13.8 Å². The van der Waals surface area contributed by atoms with Crippen LogP contribution in [0.4, 0.5) is 0 Å². The molecule has 0 aromatic rings. The average molecular weight is 215 g/mol. The van der Waals surface area contributed by atoms with Crippen LogP contribution in [0.5, 0.6) is 0 Å². The zero-order valence-corrected chi connectivity index (χ0v) is 9.06. The Morgan fingerprint density at radius 2 is 2.21 bits per heavy atom. The molecule has 78 valence electrons. The predicted octanol–water partition coefficient (Wildman–Crippen LogP) is 1.29. The van der Waals surface area contributed by atoms with Gasteiger partial charge in [-0.3, -0.25) is 9.59 Å². The highest BCUT2D eigenvalue weighted by atomic mass is 32.2. The highest BCUT2D eigenvalue weighted by Gasteiger charge is 2.22. The molecule has 0 aliphatic carbocycles. The molecule has 0 fully saturated rings. The molecule has 1 rings (SSSR count). The number of carboxylic acid groups (broad SMARTS) is 1. The molecule has 0 spiro atoms. The SMILES string of the molecule is CC1=C(C)N(CCC(=O)O)C(=O)CS1. The number of allylic oxidation sites excluding steroid dienone is 2. The van der Waals surface area contributed by atoms with Crippen LogP contribution in [0.15, 0.2) is 10.6 Å². The lowest BCUT2D eigenvalue weighted by Gasteiger charge is -2.28. The van der Waals surface area contributed by atoms with E-state index in [0.717, 1.165) is 10.6 Å². The third kappa shape index (κ3) is 2.51. The number of nitrogens with zero attached hydrogens (tertiary/aromatic N) is 1. The summed E-state index contributed by atoms with van der Waals surface area (Å²) < 4.78 is 0. The van der Waals surface area contributed by atoms with Gasteiger partial charge in [0, 0.05) is 17.1 Å². The topological polar surface area (TPSA) is 57.6 Å². The summed E-state index contributed by atoms with van der Waals surface area (Å²) in [4.78, 5) is 24.5. The van der Waals surface area contributed by atoms with E-state index in [0.29, 0.717) is 5.75 Å². The molecule has 0 unspecified atom stereocenters. The molecule has 1 heterocycles. The lowest BCUT2D eigenvalue weighted by molar-refractivity contribution is -0.137. The molecule has 0 aromatic heterocycles. The minimum Gasteiger partial charge on any atom is -0.481 e. The van der Waals surface area contributed by atoms with Gasteiger partial charge in [0.25, 0.3) is 0 Å². The summed E-state index contributed by atoms with van der Waals surface area (Å²) in [5, 5.41) is 8.52. The normalized spacial score (nSPS) is 17.6. The van der Waals surface area contributed by atoms with Gasteiger partial charge >= 0.3 is 5.97 Å². The molecule has 0 aromatic carbocycles. The first-order chi connectivity index (χ1) is 6.52. The Morgan fingerprint density at radius 1 is 1.57 bits per heavy atom. The fourth-order valence-corrected chi connectivity index (χ4v) is 2.04. The van der Waals surface area contributed by atoms with Gasteiger partial charge in [0.15, 0.2) is 0 Å². The number of hydrogen-bond donors (Lipinski definition) is 1. The van der Waals surface area contributed by atoms with Crippen molar-refractivity contribution >= 4 is 23.6 Å². The number of amides is 1. The number of carbonyl (C=O) groups is 2. The molecule has 1 N–H and O–H groups in total. The van der Waals surface area contributed by atoms with Gasteiger partial charge in [0.1, 0.15) is 0 Å². The van der Waals surface area contributed by atoms with Crippen molar-refractivity contribution in [2.45, 2.75) is 20.3 Å². The number of thioether (sulfide) groups is 1. The summed E-state index contributed by atoms with van der Waals surface area (Å²) in [6, 6.07) is 0. The molecular formula is C9H13NO3S. The fraction of sp³-hybridized carbons (Fsp3) is 0.556. The van der Waals surface area contributed by atoms with E-state index in [2.05, 4.69) is 0 Å². The van der Waals surface area contributed by atoms with Crippen LogP contribution in [0.3, 0.4) is 0 Å². The standard InChI is InChI=1S/C9H13NO3S/c1-6-7(2)14-5-8(11)10(6)4-3-9(12)13/h3-5H2,1-2H3,(H,12,13). The van der Waals surface area contributed by atoms with Crippen LogP contribution in [-0.4, -0.2) is 34.2 Å². The van der Waals surface area contributed by atoms with E-state index >= 15 is 0 Å². The first kappa shape index (κ1) is 11.1. The zero-order valence-electron chi connectivity index (χ0n) is 8.24. The summed E-state index contributed by atoms with van der Waals surface area (Å²) in [5.74, 6) is -0.455. The molecule has 5 heteroatoms. The number of carbonyl (C=O) groups excluding carboxylic acids is 1. The molecule has 14 heavy (non-hydrogen) atoms. The van der Waals surface area contributed by atoms with E-state index in [1.807, 2.05) is 13.8 Å². The molecule has 1 aliphatic rings. The Balaban J connectivity index is 2.69. The van der Waals surface area contributed by atoms with Gasteiger partial charge in [-0.25, -0.2) is 0 Å². The predicted molar refractivity (Wildman–Crippen MR) is 54.8 cm³/mol. The van der Waals surface area contributed by atoms with E-state index in [4.69, 9.17) is 5.11 Å². The van der Waals surface area contributed by atoms with Gasteiger partial charge in [-0.1, -0.05) is 0 Å². The van der Waals surface area contributed by atoms with Crippen LogP contribution in [-0.2, 0) is 9.59 Å². The fourth-order valence-electron chi connectivity index (χ4n) is 1.23. The maximum atomic E-state index is 11.4. The first-order valence-electron chi connectivity index (χ1n) is 4.35. The van der Waals surface area contributed by atoms with Crippen molar-refractivity contribution in [3.8, 4) is 0 Å². The van der Waals surface area contributed by atoms with Gasteiger partial charge in [-0.15, -0.1) is 11.8 Å². The maximum absolute atomic E-state index is 11.4. The smallest absolute Gasteiger partial charge is 0.305 e. The second-order valence-electron chi connectivity index (χ2n) is 3.12. The highest BCUT2D eigenvalue weighted by Crippen LogP contribution is 2.27. The van der Waals surface area contributed by atoms with E-state index in [9.17, 15) is 9.59 Å². The summed E-state index contributed by atoms with van der Waals surface area (Å²) in [5.41, 5.74) is 0.882. The van der Waals surface area contributed by atoms with E-state index in [1.54, 1.807) is 4.90 Å². The van der Waals surface area contributed by atoms with Crippen molar-refractivity contribution in [3.63, 3.8) is 0 Å². The third-order valence-corrected chi connectivity index (χ3v) is 3.30. The summed E-state index contributed by atoms with van der Waals surface area (Å²) in [6.07, 6.45) is 0.00102. The van der Waals surface area contributed by atoms with Crippen molar-refractivity contribution in [2.24, 2.45) is 0 Å². The molecule has 0 bridgehead atoms. The number of hydrogen-bond acceptors (Lipinski definition) is 3. The minimum atomic E-state index is -0.874. The molecule has 1 aliphatic heterocycles. The Morgan fingerprint density at radius 3 is 2.79 bits per heavy atom. The van der Waals surface area contributed by atoms with Crippen molar-refractivity contribution in [1.29, 1.82) is 0 Å². The summed E-state index contributed by atoms with van der Waals surface area (Å²) in [7, 11) is 0. The Labute approximate surface area is 87.0 Å². The summed E-state index contributed by atoms with van der Waals surface area (Å²) in [6.45, 7) is 4.07. The van der Waals surface area contributed by atoms with Crippen LogP contribution in [0.25, 0.3) is 0 Å². The largest absolute Gasteiger partial charge is 0.481 e. The number of carboxylic acids is 1. The van der Waals surface area contributed by atoms with Crippen LogP contribution in [0.1, 0.15) is 20.3 Å². The first-order valence-corrected chi connectivity index (χ1v) is 5.33. The monoisotopic (exact) mass is 215 g/mol. The zero-order chi connectivity index (χ0) is 10.7. The maximum Gasteiger partial charge on any atom is 0.305 e. The van der Waals surface area contributed by atoms with Crippen molar-refractivity contribution in [2.75, 3.05) is 12.3 Å². The van der Waals surface area contributed by atoms with E-state index in [1.165, 1.54) is 11.8 Å². The molecular weight excluding hydrogens is 202 g/mol. The quantitative estimate of drug-likeness (QED) is 0.770. The Bertz CT molecular complexity index is 298. The van der Waals surface area contributed by atoms with Crippen LogP contribution < -0.4 is 0 Å². The number of aliphatic carboxylic acids is 1. The van der Waals surface area contributed by atoms with Crippen LogP contribution in [0, 0.1) is 0 Å². The van der Waals surface area contributed by atoms with Crippen molar-refractivity contribution < 1.29 is 14.7 Å². The Hall–Kier alpha value is -0.970. The summed E-state index contributed by atoms with van der Waals surface area (Å²) >= 11 is 1.51. The van der Waals surface area contributed by atoms with Gasteiger partial charge < -0.3 is 10.0 Å². The van der Waals surface area contributed by atoms with Gasteiger partial charge in [-0.2, -0.15) is 0 Å². The molecule has 0 atom stereocenters.